The summed E-state index contributed by atoms with van der Waals surface area (Å²) in [5.41, 5.74) is 0.886. The van der Waals surface area contributed by atoms with Gasteiger partial charge in [-0.2, -0.15) is 0 Å². The van der Waals surface area contributed by atoms with Crippen LogP contribution in [0.2, 0.25) is 5.02 Å². The summed E-state index contributed by atoms with van der Waals surface area (Å²) < 4.78 is 26.4. The van der Waals surface area contributed by atoms with Crippen molar-refractivity contribution >= 4 is 33.0 Å². The molecule has 0 fully saturated rings. The molecule has 0 aliphatic heterocycles. The Morgan fingerprint density at radius 3 is 2.83 bits per heavy atom. The van der Waals surface area contributed by atoms with Gasteiger partial charge in [0.25, 0.3) is 0 Å². The van der Waals surface area contributed by atoms with E-state index in [-0.39, 0.29) is 11.4 Å². The predicted octanol–water partition coefficient (Wildman–Crippen LogP) is 2.58. The number of aromatic nitrogens is 1. The fourth-order valence-corrected chi connectivity index (χ4v) is 3.45. The largest absolute Gasteiger partial charge is 0.245 e. The smallest absolute Gasteiger partial charge is 0.241 e. The highest BCUT2D eigenvalue weighted by molar-refractivity contribution is 7.89. The summed E-state index contributed by atoms with van der Waals surface area (Å²) in [5.74, 6) is 0. The first kappa shape index (κ1) is 13.5. The molecule has 1 N–H and O–H groups in total. The van der Waals surface area contributed by atoms with Crippen molar-refractivity contribution in [1.29, 1.82) is 0 Å². The van der Waals surface area contributed by atoms with Crippen LogP contribution in [0.15, 0.2) is 34.5 Å². The predicted molar refractivity (Wildman–Crippen MR) is 72.3 cm³/mol. The van der Waals surface area contributed by atoms with E-state index in [9.17, 15) is 8.42 Å². The van der Waals surface area contributed by atoms with Crippen LogP contribution >= 0.6 is 22.9 Å². The Balaban J connectivity index is 2.13. The standard InChI is InChI=1S/C11H11ClN2O2S2/c1-8-7-17-11(14-8)6-13-18(15,16)10-4-2-3-9(12)5-10/h2-5,7,13H,6H2,1H3. The van der Waals surface area contributed by atoms with Crippen LogP contribution in [0.5, 0.6) is 0 Å². The maximum absolute atomic E-state index is 12.0. The van der Waals surface area contributed by atoms with Crippen molar-refractivity contribution in [3.63, 3.8) is 0 Å². The first-order valence-corrected chi connectivity index (χ1v) is 7.88. The molecule has 0 unspecified atom stereocenters. The normalized spacial score (nSPS) is 11.7. The molecule has 0 radical (unpaired) electrons. The highest BCUT2D eigenvalue weighted by atomic mass is 35.5. The van der Waals surface area contributed by atoms with Crippen molar-refractivity contribution in [1.82, 2.24) is 9.71 Å². The molecule has 1 aromatic carbocycles. The second kappa shape index (κ2) is 5.36. The Kier molecular flexibility index (Phi) is 4.01. The fraction of sp³-hybridized carbons (Fsp3) is 0.182. The van der Waals surface area contributed by atoms with Crippen molar-refractivity contribution in [3.05, 3.63) is 45.4 Å². The minimum absolute atomic E-state index is 0.156. The number of halogens is 1. The van der Waals surface area contributed by atoms with Crippen molar-refractivity contribution in [2.75, 3.05) is 0 Å². The average Bonchev–Trinajstić information content (AvgIpc) is 2.73. The topological polar surface area (TPSA) is 59.1 Å². The Labute approximate surface area is 115 Å². The molecular weight excluding hydrogens is 292 g/mol. The molecule has 0 saturated heterocycles. The minimum Gasteiger partial charge on any atom is -0.245 e. The van der Waals surface area contributed by atoms with E-state index >= 15 is 0 Å². The Morgan fingerprint density at radius 2 is 2.22 bits per heavy atom. The third-order valence-electron chi connectivity index (χ3n) is 2.19. The summed E-state index contributed by atoms with van der Waals surface area (Å²) in [7, 11) is -3.54. The molecule has 0 aliphatic rings. The summed E-state index contributed by atoms with van der Waals surface area (Å²) in [6.07, 6.45) is 0. The molecular formula is C11H11ClN2O2S2. The van der Waals surface area contributed by atoms with Gasteiger partial charge >= 0.3 is 0 Å². The molecule has 2 aromatic rings. The van der Waals surface area contributed by atoms with Crippen LogP contribution in [0.3, 0.4) is 0 Å². The van der Waals surface area contributed by atoms with Gasteiger partial charge in [-0.15, -0.1) is 11.3 Å². The molecule has 4 nitrogen and oxygen atoms in total. The van der Waals surface area contributed by atoms with Gasteiger partial charge in [-0.05, 0) is 25.1 Å². The Bertz CT molecular complexity index is 653. The van der Waals surface area contributed by atoms with Gasteiger partial charge in [-0.3, -0.25) is 0 Å². The molecule has 1 aromatic heterocycles. The van der Waals surface area contributed by atoms with Gasteiger partial charge in [-0.1, -0.05) is 17.7 Å². The molecule has 0 spiro atoms. The zero-order valence-electron chi connectivity index (χ0n) is 9.55. The first-order chi connectivity index (χ1) is 8.47. The minimum atomic E-state index is -3.54. The van der Waals surface area contributed by atoms with E-state index < -0.39 is 10.0 Å². The molecule has 1 heterocycles. The second-order valence-corrected chi connectivity index (χ2v) is 6.81. The zero-order chi connectivity index (χ0) is 13.2. The lowest BCUT2D eigenvalue weighted by molar-refractivity contribution is 0.581. The summed E-state index contributed by atoms with van der Waals surface area (Å²) in [6, 6.07) is 6.15. The number of aryl methyl sites for hydroxylation is 1. The maximum Gasteiger partial charge on any atom is 0.241 e. The van der Waals surface area contributed by atoms with Gasteiger partial charge in [0, 0.05) is 16.1 Å². The van der Waals surface area contributed by atoms with E-state index in [4.69, 9.17) is 11.6 Å². The van der Waals surface area contributed by atoms with Gasteiger partial charge in [0.05, 0.1) is 11.4 Å². The summed E-state index contributed by atoms with van der Waals surface area (Å²) in [6.45, 7) is 2.05. The fourth-order valence-electron chi connectivity index (χ4n) is 1.36. The number of thiazole rings is 1. The van der Waals surface area contributed by atoms with Crippen LogP contribution in [-0.4, -0.2) is 13.4 Å². The molecule has 96 valence electrons. The summed E-state index contributed by atoms with van der Waals surface area (Å²) in [4.78, 5) is 4.35. The van der Waals surface area contributed by atoms with Gasteiger partial charge < -0.3 is 0 Å². The van der Waals surface area contributed by atoms with Crippen LogP contribution in [-0.2, 0) is 16.6 Å². The lowest BCUT2D eigenvalue weighted by Crippen LogP contribution is -2.23. The molecule has 0 aliphatic carbocycles. The van der Waals surface area contributed by atoms with Crippen LogP contribution in [0.4, 0.5) is 0 Å². The van der Waals surface area contributed by atoms with E-state index in [1.165, 1.54) is 23.5 Å². The Hall–Kier alpha value is -0.950. The molecule has 0 bridgehead atoms. The lowest BCUT2D eigenvalue weighted by atomic mass is 10.4. The average molecular weight is 303 g/mol. The first-order valence-electron chi connectivity index (χ1n) is 5.13. The molecule has 0 saturated carbocycles. The zero-order valence-corrected chi connectivity index (χ0v) is 11.9. The van der Waals surface area contributed by atoms with Gasteiger partial charge in [-0.25, -0.2) is 18.1 Å². The number of benzene rings is 1. The van der Waals surface area contributed by atoms with E-state index in [1.54, 1.807) is 12.1 Å². The van der Waals surface area contributed by atoms with Crippen LogP contribution in [0, 0.1) is 6.92 Å². The molecule has 0 atom stereocenters. The number of nitrogens with zero attached hydrogens (tertiary/aromatic N) is 1. The summed E-state index contributed by atoms with van der Waals surface area (Å²) in [5, 5.41) is 3.00. The monoisotopic (exact) mass is 302 g/mol. The van der Waals surface area contributed by atoms with Crippen LogP contribution < -0.4 is 4.72 Å². The lowest BCUT2D eigenvalue weighted by Gasteiger charge is -2.05. The van der Waals surface area contributed by atoms with E-state index in [0.717, 1.165) is 10.7 Å². The number of hydrogen-bond acceptors (Lipinski definition) is 4. The van der Waals surface area contributed by atoms with Gasteiger partial charge in [0.2, 0.25) is 10.0 Å². The maximum atomic E-state index is 12.0. The molecule has 0 amide bonds. The van der Waals surface area contributed by atoms with Crippen LogP contribution in [0.1, 0.15) is 10.7 Å². The number of sulfonamides is 1. The van der Waals surface area contributed by atoms with E-state index in [1.807, 2.05) is 12.3 Å². The molecule has 7 heteroatoms. The second-order valence-electron chi connectivity index (χ2n) is 3.66. The summed E-state index contributed by atoms with van der Waals surface area (Å²) >= 11 is 7.19. The quantitative estimate of drug-likeness (QED) is 0.944. The van der Waals surface area contributed by atoms with Gasteiger partial charge in [0.1, 0.15) is 5.01 Å². The third-order valence-corrected chi connectivity index (χ3v) is 4.79. The van der Waals surface area contributed by atoms with E-state index in [0.29, 0.717) is 5.02 Å². The van der Waals surface area contributed by atoms with Crippen molar-refractivity contribution in [3.8, 4) is 0 Å². The third kappa shape index (κ3) is 3.29. The SMILES string of the molecule is Cc1csc(CNS(=O)(=O)c2cccc(Cl)c2)n1. The van der Waals surface area contributed by atoms with Crippen molar-refractivity contribution in [2.45, 2.75) is 18.4 Å². The van der Waals surface area contributed by atoms with Crippen molar-refractivity contribution in [2.24, 2.45) is 0 Å². The Morgan fingerprint density at radius 1 is 1.44 bits per heavy atom. The number of hydrogen-bond donors (Lipinski definition) is 1. The molecule has 18 heavy (non-hydrogen) atoms. The highest BCUT2D eigenvalue weighted by Crippen LogP contribution is 2.16. The number of rotatable bonds is 4. The van der Waals surface area contributed by atoms with Gasteiger partial charge in [0.15, 0.2) is 0 Å². The number of nitrogens with one attached hydrogen (secondary N) is 1. The molecule has 2 rings (SSSR count). The highest BCUT2D eigenvalue weighted by Gasteiger charge is 2.14. The van der Waals surface area contributed by atoms with Crippen molar-refractivity contribution < 1.29 is 8.42 Å². The van der Waals surface area contributed by atoms with E-state index in [2.05, 4.69) is 9.71 Å². The van der Waals surface area contributed by atoms with Crippen LogP contribution in [0.25, 0.3) is 0 Å².